The molecular formula is C19H33IN4O. The topological polar surface area (TPSA) is 65.5 Å². The number of aliphatic imine (C=N–C) groups is 1. The van der Waals surface area contributed by atoms with Crippen molar-refractivity contribution in [3.05, 3.63) is 35.4 Å². The van der Waals surface area contributed by atoms with Gasteiger partial charge in [-0.05, 0) is 39.2 Å². The average Bonchev–Trinajstić information content (AvgIpc) is 2.55. The molecule has 0 aromatic heterocycles. The van der Waals surface area contributed by atoms with Crippen molar-refractivity contribution in [2.24, 2.45) is 10.4 Å². The number of hydrogen-bond acceptors (Lipinski definition) is 2. The van der Waals surface area contributed by atoms with Gasteiger partial charge >= 0.3 is 0 Å². The van der Waals surface area contributed by atoms with Gasteiger partial charge in [0, 0.05) is 26.7 Å². The zero-order chi connectivity index (χ0) is 18.2. The molecule has 0 radical (unpaired) electrons. The molecule has 3 N–H and O–H groups in total. The fraction of sp³-hybridized carbons (Fsp3) is 0.579. The van der Waals surface area contributed by atoms with Crippen molar-refractivity contribution < 1.29 is 4.79 Å². The van der Waals surface area contributed by atoms with Gasteiger partial charge in [-0.25, -0.2) is 0 Å². The highest BCUT2D eigenvalue weighted by atomic mass is 127. The van der Waals surface area contributed by atoms with Crippen LogP contribution in [-0.4, -0.2) is 38.5 Å². The summed E-state index contributed by atoms with van der Waals surface area (Å²) in [5, 5.41) is 9.44. The van der Waals surface area contributed by atoms with Gasteiger partial charge in [-0.3, -0.25) is 9.79 Å². The van der Waals surface area contributed by atoms with Crippen molar-refractivity contribution in [1.29, 1.82) is 0 Å². The van der Waals surface area contributed by atoms with Crippen molar-refractivity contribution in [3.63, 3.8) is 0 Å². The van der Waals surface area contributed by atoms with E-state index >= 15 is 0 Å². The molecule has 1 aromatic carbocycles. The third-order valence-corrected chi connectivity index (χ3v) is 4.10. The zero-order valence-electron chi connectivity index (χ0n) is 16.3. The third-order valence-electron chi connectivity index (χ3n) is 4.10. The third kappa shape index (κ3) is 8.07. The second-order valence-corrected chi connectivity index (χ2v) is 6.86. The Morgan fingerprint density at radius 2 is 1.76 bits per heavy atom. The quantitative estimate of drug-likeness (QED) is 0.333. The first-order valence-electron chi connectivity index (χ1n) is 8.59. The standard InChI is InChI=1S/C19H32N4O.HI/c1-7-21-17(24)19(4,5)13-23-18(20-6)22-12-15(3)16-10-8-14(2)9-11-16;/h8-11,15H,7,12-13H2,1-6H3,(H,21,24)(H2,20,22,23);1H. The molecule has 5 nitrogen and oxygen atoms in total. The van der Waals surface area contributed by atoms with Crippen LogP contribution in [0.1, 0.15) is 44.7 Å². The molecule has 6 heteroatoms. The lowest BCUT2D eigenvalue weighted by Gasteiger charge is -2.25. The van der Waals surface area contributed by atoms with E-state index in [2.05, 4.69) is 59.1 Å². The number of nitrogens with one attached hydrogen (secondary N) is 3. The second kappa shape index (κ2) is 11.3. The number of hydrogen-bond donors (Lipinski definition) is 3. The zero-order valence-corrected chi connectivity index (χ0v) is 18.6. The van der Waals surface area contributed by atoms with Gasteiger partial charge in [0.05, 0.1) is 5.41 Å². The molecule has 1 aromatic rings. The van der Waals surface area contributed by atoms with E-state index in [1.54, 1.807) is 7.05 Å². The van der Waals surface area contributed by atoms with Crippen molar-refractivity contribution in [3.8, 4) is 0 Å². The molecule has 25 heavy (non-hydrogen) atoms. The second-order valence-electron chi connectivity index (χ2n) is 6.86. The van der Waals surface area contributed by atoms with Crippen LogP contribution < -0.4 is 16.0 Å². The summed E-state index contributed by atoms with van der Waals surface area (Å²) >= 11 is 0. The van der Waals surface area contributed by atoms with Crippen LogP contribution in [0.15, 0.2) is 29.3 Å². The van der Waals surface area contributed by atoms with Gasteiger partial charge in [0.2, 0.25) is 5.91 Å². The van der Waals surface area contributed by atoms with Gasteiger partial charge in [0.15, 0.2) is 5.96 Å². The Labute approximate surface area is 169 Å². The summed E-state index contributed by atoms with van der Waals surface area (Å²) in [6.07, 6.45) is 0. The van der Waals surface area contributed by atoms with Crippen LogP contribution >= 0.6 is 24.0 Å². The SMILES string of the molecule is CCNC(=O)C(C)(C)CNC(=NC)NCC(C)c1ccc(C)cc1.I. The first-order valence-corrected chi connectivity index (χ1v) is 8.59. The summed E-state index contributed by atoms with van der Waals surface area (Å²) in [6.45, 7) is 12.0. The Bertz CT molecular complexity index is 555. The summed E-state index contributed by atoms with van der Waals surface area (Å²) in [5.74, 6) is 1.13. The largest absolute Gasteiger partial charge is 0.356 e. The Morgan fingerprint density at radius 3 is 2.28 bits per heavy atom. The van der Waals surface area contributed by atoms with Crippen LogP contribution in [0.5, 0.6) is 0 Å². The summed E-state index contributed by atoms with van der Waals surface area (Å²) in [5.41, 5.74) is 2.08. The predicted octanol–water partition coefficient (Wildman–Crippen LogP) is 3.04. The summed E-state index contributed by atoms with van der Waals surface area (Å²) in [7, 11) is 1.74. The Morgan fingerprint density at radius 1 is 1.16 bits per heavy atom. The molecule has 1 rings (SSSR count). The number of halogens is 1. The molecule has 1 amide bonds. The number of nitrogens with zero attached hydrogens (tertiary/aromatic N) is 1. The number of aryl methyl sites for hydroxylation is 1. The van der Waals surface area contributed by atoms with Crippen LogP contribution in [0, 0.1) is 12.3 Å². The minimum absolute atomic E-state index is 0. The van der Waals surface area contributed by atoms with E-state index < -0.39 is 5.41 Å². The highest BCUT2D eigenvalue weighted by Crippen LogP contribution is 2.15. The fourth-order valence-corrected chi connectivity index (χ4v) is 2.27. The first kappa shape index (κ1) is 23.7. The van der Waals surface area contributed by atoms with Crippen molar-refractivity contribution in [1.82, 2.24) is 16.0 Å². The van der Waals surface area contributed by atoms with Crippen LogP contribution in [0.4, 0.5) is 0 Å². The van der Waals surface area contributed by atoms with E-state index in [0.29, 0.717) is 25.0 Å². The van der Waals surface area contributed by atoms with Crippen molar-refractivity contribution in [2.45, 2.75) is 40.5 Å². The highest BCUT2D eigenvalue weighted by Gasteiger charge is 2.27. The van der Waals surface area contributed by atoms with Crippen LogP contribution in [0.2, 0.25) is 0 Å². The molecule has 0 aliphatic heterocycles. The van der Waals surface area contributed by atoms with E-state index in [4.69, 9.17) is 0 Å². The Hall–Kier alpha value is -1.31. The number of carbonyl (C=O) groups excluding carboxylic acids is 1. The molecule has 0 aliphatic rings. The minimum Gasteiger partial charge on any atom is -0.356 e. The van der Waals surface area contributed by atoms with Gasteiger partial charge < -0.3 is 16.0 Å². The molecule has 0 heterocycles. The van der Waals surface area contributed by atoms with E-state index in [1.165, 1.54) is 11.1 Å². The van der Waals surface area contributed by atoms with Crippen LogP contribution in [0.3, 0.4) is 0 Å². The van der Waals surface area contributed by atoms with Crippen molar-refractivity contribution in [2.75, 3.05) is 26.7 Å². The molecule has 1 atom stereocenters. The first-order chi connectivity index (χ1) is 11.3. The van der Waals surface area contributed by atoms with Gasteiger partial charge in [-0.2, -0.15) is 0 Å². The van der Waals surface area contributed by atoms with E-state index in [9.17, 15) is 4.79 Å². The average molecular weight is 460 g/mol. The van der Waals surface area contributed by atoms with Gasteiger partial charge in [0.1, 0.15) is 0 Å². The lowest BCUT2D eigenvalue weighted by atomic mass is 9.92. The van der Waals surface area contributed by atoms with Gasteiger partial charge in [0.25, 0.3) is 0 Å². The minimum atomic E-state index is -0.490. The predicted molar refractivity (Wildman–Crippen MR) is 117 cm³/mol. The van der Waals surface area contributed by atoms with Gasteiger partial charge in [-0.15, -0.1) is 24.0 Å². The number of amides is 1. The molecule has 0 bridgehead atoms. The lowest BCUT2D eigenvalue weighted by molar-refractivity contribution is -0.128. The maximum atomic E-state index is 12.0. The normalized spacial score (nSPS) is 12.8. The summed E-state index contributed by atoms with van der Waals surface area (Å²) in [4.78, 5) is 16.3. The molecule has 1 unspecified atom stereocenters. The van der Waals surface area contributed by atoms with Crippen molar-refractivity contribution >= 4 is 35.8 Å². The fourth-order valence-electron chi connectivity index (χ4n) is 2.27. The lowest BCUT2D eigenvalue weighted by Crippen LogP contribution is -2.48. The molecular weight excluding hydrogens is 427 g/mol. The van der Waals surface area contributed by atoms with Gasteiger partial charge in [-0.1, -0.05) is 36.8 Å². The molecule has 0 aliphatic carbocycles. The maximum Gasteiger partial charge on any atom is 0.227 e. The van der Waals surface area contributed by atoms with E-state index in [0.717, 1.165) is 6.54 Å². The number of rotatable bonds is 7. The van der Waals surface area contributed by atoms with E-state index in [1.807, 2.05) is 20.8 Å². The molecule has 142 valence electrons. The Balaban J connectivity index is 0.00000576. The summed E-state index contributed by atoms with van der Waals surface area (Å²) < 4.78 is 0. The maximum absolute atomic E-state index is 12.0. The summed E-state index contributed by atoms with van der Waals surface area (Å²) in [6, 6.07) is 8.59. The van der Waals surface area contributed by atoms with Crippen LogP contribution in [0.25, 0.3) is 0 Å². The molecule has 0 saturated carbocycles. The number of carbonyl (C=O) groups is 1. The monoisotopic (exact) mass is 460 g/mol. The number of benzene rings is 1. The van der Waals surface area contributed by atoms with Crippen LogP contribution in [-0.2, 0) is 4.79 Å². The smallest absolute Gasteiger partial charge is 0.227 e. The molecule has 0 fully saturated rings. The highest BCUT2D eigenvalue weighted by molar-refractivity contribution is 14.0. The van der Waals surface area contributed by atoms with E-state index in [-0.39, 0.29) is 29.9 Å². The number of guanidine groups is 1. The molecule has 0 saturated heterocycles. The molecule has 0 spiro atoms. The Kier molecular flexibility index (Phi) is 10.7.